The number of nitrogens with zero attached hydrogens (tertiary/aromatic N) is 1. The van der Waals surface area contributed by atoms with E-state index in [0.717, 1.165) is 21.4 Å². The van der Waals surface area contributed by atoms with Crippen molar-refractivity contribution in [2.24, 2.45) is 0 Å². The zero-order valence-corrected chi connectivity index (χ0v) is 11.6. The second kappa shape index (κ2) is 4.90. The highest BCUT2D eigenvalue weighted by Crippen LogP contribution is 2.29. The summed E-state index contributed by atoms with van der Waals surface area (Å²) in [6.07, 6.45) is 1.72. The minimum atomic E-state index is 0.562. The van der Waals surface area contributed by atoms with Crippen molar-refractivity contribution >= 4 is 21.6 Å². The van der Waals surface area contributed by atoms with Crippen LogP contribution in [0.4, 0.5) is 5.69 Å². The number of halogens is 1. The lowest BCUT2D eigenvalue weighted by atomic mass is 10.2. The van der Waals surface area contributed by atoms with Gasteiger partial charge in [-0.25, -0.2) is 4.98 Å². The van der Waals surface area contributed by atoms with Crippen molar-refractivity contribution in [2.75, 3.05) is 5.73 Å². The van der Waals surface area contributed by atoms with Gasteiger partial charge in [0.05, 0.1) is 6.20 Å². The van der Waals surface area contributed by atoms with Crippen LogP contribution in [0.5, 0.6) is 0 Å². The molecule has 0 bridgehead atoms. The summed E-state index contributed by atoms with van der Waals surface area (Å²) in [6, 6.07) is 15.5. The third kappa shape index (κ3) is 2.53. The van der Waals surface area contributed by atoms with E-state index < -0.39 is 0 Å². The first-order chi connectivity index (χ1) is 9.22. The lowest BCUT2D eigenvalue weighted by molar-refractivity contribution is 0.589. The van der Waals surface area contributed by atoms with Gasteiger partial charge < -0.3 is 10.2 Å². The van der Waals surface area contributed by atoms with E-state index in [1.54, 1.807) is 6.20 Å². The molecule has 2 N–H and O–H groups in total. The van der Waals surface area contributed by atoms with Crippen LogP contribution in [-0.4, -0.2) is 4.98 Å². The van der Waals surface area contributed by atoms with E-state index in [-0.39, 0.29) is 0 Å². The predicted molar refractivity (Wildman–Crippen MR) is 79.5 cm³/mol. The molecule has 0 fully saturated rings. The predicted octanol–water partition coefficient (Wildman–Crippen LogP) is 4.35. The van der Waals surface area contributed by atoms with Crippen LogP contribution in [0.1, 0.15) is 0 Å². The molecule has 3 nitrogen and oxygen atoms in total. The van der Waals surface area contributed by atoms with Gasteiger partial charge in [-0.2, -0.15) is 0 Å². The Balaban J connectivity index is 2.02. The molecule has 1 aromatic heterocycles. The maximum Gasteiger partial charge on any atom is 0.226 e. The highest BCUT2D eigenvalue weighted by atomic mass is 79.9. The first kappa shape index (κ1) is 12.0. The van der Waals surface area contributed by atoms with Gasteiger partial charge in [-0.1, -0.05) is 46.3 Å². The van der Waals surface area contributed by atoms with Gasteiger partial charge in [0.1, 0.15) is 0 Å². The molecule has 94 valence electrons. The monoisotopic (exact) mass is 314 g/mol. The molecule has 3 rings (SSSR count). The molecule has 0 saturated heterocycles. The van der Waals surface area contributed by atoms with Gasteiger partial charge in [-0.05, 0) is 18.2 Å². The summed E-state index contributed by atoms with van der Waals surface area (Å²) in [5.41, 5.74) is 8.34. The van der Waals surface area contributed by atoms with Gasteiger partial charge >= 0.3 is 0 Å². The van der Waals surface area contributed by atoms with Gasteiger partial charge in [0.25, 0.3) is 0 Å². The van der Waals surface area contributed by atoms with Crippen molar-refractivity contribution in [3.8, 4) is 22.8 Å². The topological polar surface area (TPSA) is 52.0 Å². The minimum absolute atomic E-state index is 0.562. The SMILES string of the molecule is Nc1cc(Br)cc(-c2ncc(-c3ccccc3)o2)c1. The first-order valence-corrected chi connectivity index (χ1v) is 6.59. The molecule has 19 heavy (non-hydrogen) atoms. The summed E-state index contributed by atoms with van der Waals surface area (Å²) < 4.78 is 6.68. The van der Waals surface area contributed by atoms with Crippen molar-refractivity contribution in [1.29, 1.82) is 0 Å². The normalized spacial score (nSPS) is 10.6. The maximum atomic E-state index is 5.82. The fourth-order valence-corrected chi connectivity index (χ4v) is 2.39. The van der Waals surface area contributed by atoms with E-state index in [2.05, 4.69) is 20.9 Å². The lowest BCUT2D eigenvalue weighted by Crippen LogP contribution is -1.86. The molecule has 0 saturated carbocycles. The fourth-order valence-electron chi connectivity index (χ4n) is 1.88. The van der Waals surface area contributed by atoms with Crippen LogP contribution in [0.2, 0.25) is 0 Å². The second-order valence-corrected chi connectivity index (χ2v) is 5.08. The molecule has 1 heterocycles. The Bertz CT molecular complexity index is 687. The summed E-state index contributed by atoms with van der Waals surface area (Å²) in [5, 5.41) is 0. The molecular formula is C15H11BrN2O. The third-order valence-electron chi connectivity index (χ3n) is 2.73. The highest BCUT2D eigenvalue weighted by Gasteiger charge is 2.09. The Kier molecular flexibility index (Phi) is 3.09. The maximum absolute atomic E-state index is 5.82. The van der Waals surface area contributed by atoms with Gasteiger partial charge in [-0.15, -0.1) is 0 Å². The molecule has 0 amide bonds. The van der Waals surface area contributed by atoms with E-state index in [0.29, 0.717) is 11.6 Å². The van der Waals surface area contributed by atoms with Gasteiger partial charge in [0, 0.05) is 21.3 Å². The van der Waals surface area contributed by atoms with Crippen LogP contribution in [0.3, 0.4) is 0 Å². The lowest BCUT2D eigenvalue weighted by Gasteiger charge is -2.00. The minimum Gasteiger partial charge on any atom is -0.436 e. The number of benzene rings is 2. The van der Waals surface area contributed by atoms with Gasteiger partial charge in [0.2, 0.25) is 5.89 Å². The molecule has 0 unspecified atom stereocenters. The van der Waals surface area contributed by atoms with Crippen LogP contribution >= 0.6 is 15.9 Å². The Labute approximate surface area is 119 Å². The largest absolute Gasteiger partial charge is 0.436 e. The van der Waals surface area contributed by atoms with E-state index in [4.69, 9.17) is 10.2 Å². The molecule has 0 aliphatic heterocycles. The molecule has 2 aromatic carbocycles. The standard InChI is InChI=1S/C15H11BrN2O/c16-12-6-11(7-13(17)8-12)15-18-9-14(19-15)10-4-2-1-3-5-10/h1-9H,17H2. The van der Waals surface area contributed by atoms with E-state index in [9.17, 15) is 0 Å². The number of nitrogens with two attached hydrogens (primary N) is 1. The number of aromatic nitrogens is 1. The Morgan fingerprint density at radius 3 is 2.53 bits per heavy atom. The molecule has 4 heteroatoms. The average molecular weight is 315 g/mol. The van der Waals surface area contributed by atoms with Crippen molar-refractivity contribution in [2.45, 2.75) is 0 Å². The van der Waals surface area contributed by atoms with Gasteiger partial charge in [-0.3, -0.25) is 0 Å². The summed E-state index contributed by atoms with van der Waals surface area (Å²) in [6.45, 7) is 0. The quantitative estimate of drug-likeness (QED) is 0.715. The average Bonchev–Trinajstić information content (AvgIpc) is 2.88. The number of rotatable bonds is 2. The molecule has 0 aliphatic carbocycles. The summed E-state index contributed by atoms with van der Waals surface area (Å²) in [7, 11) is 0. The van der Waals surface area contributed by atoms with Gasteiger partial charge in [0.15, 0.2) is 5.76 Å². The fraction of sp³-hybridized carbons (Fsp3) is 0. The zero-order chi connectivity index (χ0) is 13.2. The molecule has 3 aromatic rings. The zero-order valence-electron chi connectivity index (χ0n) is 10.0. The van der Waals surface area contributed by atoms with E-state index in [1.807, 2.05) is 48.5 Å². The van der Waals surface area contributed by atoms with Crippen molar-refractivity contribution < 1.29 is 4.42 Å². The second-order valence-electron chi connectivity index (χ2n) is 4.17. The molecule has 0 radical (unpaired) electrons. The summed E-state index contributed by atoms with van der Waals surface area (Å²) >= 11 is 3.41. The van der Waals surface area contributed by atoms with E-state index in [1.165, 1.54) is 0 Å². The molecule has 0 aliphatic rings. The number of anilines is 1. The van der Waals surface area contributed by atoms with E-state index >= 15 is 0 Å². The number of hydrogen-bond acceptors (Lipinski definition) is 3. The summed E-state index contributed by atoms with van der Waals surface area (Å²) in [4.78, 5) is 4.30. The number of hydrogen-bond donors (Lipinski definition) is 1. The van der Waals surface area contributed by atoms with Crippen LogP contribution in [0.15, 0.2) is 63.6 Å². The Morgan fingerprint density at radius 1 is 1.00 bits per heavy atom. The summed E-state index contributed by atoms with van der Waals surface area (Å²) in [5.74, 6) is 1.31. The van der Waals surface area contributed by atoms with Crippen LogP contribution < -0.4 is 5.73 Å². The number of nitrogen functional groups attached to an aromatic ring is 1. The van der Waals surface area contributed by atoms with Crippen LogP contribution in [0.25, 0.3) is 22.8 Å². The first-order valence-electron chi connectivity index (χ1n) is 5.80. The molecular weight excluding hydrogens is 304 g/mol. The van der Waals surface area contributed by atoms with Crippen LogP contribution in [-0.2, 0) is 0 Å². The van der Waals surface area contributed by atoms with Crippen molar-refractivity contribution in [3.05, 3.63) is 59.2 Å². The third-order valence-corrected chi connectivity index (χ3v) is 3.19. The highest BCUT2D eigenvalue weighted by molar-refractivity contribution is 9.10. The molecule has 0 atom stereocenters. The Hall–Kier alpha value is -2.07. The van der Waals surface area contributed by atoms with Crippen molar-refractivity contribution in [3.63, 3.8) is 0 Å². The van der Waals surface area contributed by atoms with Crippen LogP contribution in [0, 0.1) is 0 Å². The number of oxazole rings is 1. The Morgan fingerprint density at radius 2 is 1.79 bits per heavy atom. The molecule has 0 spiro atoms. The smallest absolute Gasteiger partial charge is 0.226 e. The van der Waals surface area contributed by atoms with Crippen molar-refractivity contribution in [1.82, 2.24) is 4.98 Å².